The molecule has 0 unspecified atom stereocenters. The number of aromatic amines is 1. The first kappa shape index (κ1) is 17.5. The van der Waals surface area contributed by atoms with Crippen LogP contribution in [0.2, 0.25) is 0 Å². The van der Waals surface area contributed by atoms with Crippen LogP contribution in [0.25, 0.3) is 0 Å². The molecule has 142 valence electrons. The van der Waals surface area contributed by atoms with Gasteiger partial charge in [-0.3, -0.25) is 9.47 Å². The van der Waals surface area contributed by atoms with Crippen molar-refractivity contribution < 1.29 is 4.74 Å². The topological polar surface area (TPSA) is 81.0 Å². The lowest BCUT2D eigenvalue weighted by molar-refractivity contribution is 0.207. The smallest absolute Gasteiger partial charge is 0.343 e. The Morgan fingerprint density at radius 1 is 1.26 bits per heavy atom. The minimum absolute atomic E-state index is 0.122. The molecule has 0 spiro atoms. The average molecular weight is 368 g/mol. The first-order valence-corrected chi connectivity index (χ1v) is 9.20. The first-order valence-electron chi connectivity index (χ1n) is 9.20. The molecule has 2 aromatic heterocycles. The molecule has 0 saturated carbocycles. The van der Waals surface area contributed by atoms with Crippen LogP contribution in [0.4, 0.5) is 0 Å². The van der Waals surface area contributed by atoms with E-state index >= 15 is 0 Å². The van der Waals surface area contributed by atoms with E-state index in [0.29, 0.717) is 13.1 Å². The standard InChI is InChI=1S/C19H24N6O2/c1-3-17-20-6-7-24(17)12-15-10-14(4-5-16(15)27-2)11-23-8-9-25-18(13-23)21-22-19(25)26/h4-7,10H,3,8-9,11-13H2,1-2H3,(H,22,26). The second kappa shape index (κ2) is 7.40. The van der Waals surface area contributed by atoms with Gasteiger partial charge in [0, 0.05) is 44.0 Å². The molecule has 1 aromatic carbocycles. The van der Waals surface area contributed by atoms with Crippen molar-refractivity contribution in [1.29, 1.82) is 0 Å². The SMILES string of the molecule is CCc1nccn1Cc1cc(CN2CCn3c(n[nH]c3=O)C2)ccc1OC. The zero-order chi connectivity index (χ0) is 18.8. The predicted molar refractivity (Wildman–Crippen MR) is 101 cm³/mol. The number of hydrogen-bond acceptors (Lipinski definition) is 5. The highest BCUT2D eigenvalue weighted by Gasteiger charge is 2.20. The van der Waals surface area contributed by atoms with Gasteiger partial charge in [0.05, 0.1) is 20.2 Å². The number of methoxy groups -OCH3 is 1. The maximum absolute atomic E-state index is 11.7. The molecule has 0 aliphatic carbocycles. The maximum Gasteiger partial charge on any atom is 0.343 e. The summed E-state index contributed by atoms with van der Waals surface area (Å²) in [5, 5.41) is 6.64. The van der Waals surface area contributed by atoms with Crippen LogP contribution in [-0.2, 0) is 32.6 Å². The zero-order valence-electron chi connectivity index (χ0n) is 15.7. The van der Waals surface area contributed by atoms with Gasteiger partial charge >= 0.3 is 5.69 Å². The Balaban J connectivity index is 1.53. The highest BCUT2D eigenvalue weighted by Crippen LogP contribution is 2.23. The second-order valence-electron chi connectivity index (χ2n) is 6.78. The van der Waals surface area contributed by atoms with Crippen molar-refractivity contribution in [2.75, 3.05) is 13.7 Å². The van der Waals surface area contributed by atoms with Gasteiger partial charge in [-0.05, 0) is 17.7 Å². The summed E-state index contributed by atoms with van der Waals surface area (Å²) in [6.45, 7) is 5.82. The fourth-order valence-corrected chi connectivity index (χ4v) is 3.65. The zero-order valence-corrected chi connectivity index (χ0v) is 15.7. The highest BCUT2D eigenvalue weighted by molar-refractivity contribution is 5.37. The maximum atomic E-state index is 11.7. The number of ether oxygens (including phenoxy) is 1. The van der Waals surface area contributed by atoms with Crippen LogP contribution in [0.1, 0.15) is 29.7 Å². The van der Waals surface area contributed by atoms with Gasteiger partial charge in [0.25, 0.3) is 0 Å². The number of nitrogens with one attached hydrogen (secondary N) is 1. The summed E-state index contributed by atoms with van der Waals surface area (Å²) in [5.74, 6) is 2.75. The summed E-state index contributed by atoms with van der Waals surface area (Å²) in [6.07, 6.45) is 4.74. The van der Waals surface area contributed by atoms with E-state index < -0.39 is 0 Å². The molecule has 1 aliphatic rings. The molecule has 0 atom stereocenters. The minimum Gasteiger partial charge on any atom is -0.496 e. The molecule has 0 radical (unpaired) electrons. The van der Waals surface area contributed by atoms with Crippen molar-refractivity contribution in [2.45, 2.75) is 39.5 Å². The molecule has 3 heterocycles. The first-order chi connectivity index (χ1) is 13.2. The van der Waals surface area contributed by atoms with Gasteiger partial charge < -0.3 is 9.30 Å². The fourth-order valence-electron chi connectivity index (χ4n) is 3.65. The molecule has 8 heteroatoms. The van der Waals surface area contributed by atoms with E-state index in [1.165, 1.54) is 5.56 Å². The monoisotopic (exact) mass is 368 g/mol. The molecule has 1 N–H and O–H groups in total. The van der Waals surface area contributed by atoms with Crippen molar-refractivity contribution in [3.8, 4) is 5.75 Å². The van der Waals surface area contributed by atoms with Gasteiger partial charge in [0.2, 0.25) is 0 Å². The number of aryl methyl sites for hydroxylation is 1. The average Bonchev–Trinajstić information content (AvgIpc) is 3.28. The van der Waals surface area contributed by atoms with Crippen molar-refractivity contribution >= 4 is 0 Å². The molecule has 0 bridgehead atoms. The van der Waals surface area contributed by atoms with Gasteiger partial charge in [0.15, 0.2) is 0 Å². The van der Waals surface area contributed by atoms with E-state index in [4.69, 9.17) is 4.74 Å². The molecule has 27 heavy (non-hydrogen) atoms. The van der Waals surface area contributed by atoms with Crippen LogP contribution in [0.5, 0.6) is 5.75 Å². The summed E-state index contributed by atoms with van der Waals surface area (Å²) in [5.41, 5.74) is 2.23. The van der Waals surface area contributed by atoms with Gasteiger partial charge in [-0.15, -0.1) is 0 Å². The number of nitrogens with zero attached hydrogens (tertiary/aromatic N) is 5. The van der Waals surface area contributed by atoms with Crippen molar-refractivity contribution in [3.05, 3.63) is 63.9 Å². The van der Waals surface area contributed by atoms with Crippen molar-refractivity contribution in [1.82, 2.24) is 29.2 Å². The normalized spacial score (nSPS) is 14.3. The van der Waals surface area contributed by atoms with Crippen LogP contribution in [0.3, 0.4) is 0 Å². The Morgan fingerprint density at radius 2 is 2.15 bits per heavy atom. The summed E-state index contributed by atoms with van der Waals surface area (Å²) in [6, 6.07) is 6.33. The van der Waals surface area contributed by atoms with E-state index in [9.17, 15) is 4.79 Å². The van der Waals surface area contributed by atoms with E-state index in [1.54, 1.807) is 11.7 Å². The summed E-state index contributed by atoms with van der Waals surface area (Å²) >= 11 is 0. The van der Waals surface area contributed by atoms with Gasteiger partial charge in [-0.2, -0.15) is 5.10 Å². The lowest BCUT2D eigenvalue weighted by atomic mass is 10.1. The van der Waals surface area contributed by atoms with E-state index in [2.05, 4.69) is 43.7 Å². The third-order valence-corrected chi connectivity index (χ3v) is 5.05. The van der Waals surface area contributed by atoms with Crippen LogP contribution < -0.4 is 10.4 Å². The predicted octanol–water partition coefficient (Wildman–Crippen LogP) is 1.40. The molecule has 3 aromatic rings. The van der Waals surface area contributed by atoms with Crippen LogP contribution in [0.15, 0.2) is 35.4 Å². The number of fused-ring (bicyclic) bond motifs is 1. The van der Waals surface area contributed by atoms with Gasteiger partial charge in [-0.25, -0.2) is 14.9 Å². The summed E-state index contributed by atoms with van der Waals surface area (Å²) in [7, 11) is 1.70. The second-order valence-corrected chi connectivity index (χ2v) is 6.78. The van der Waals surface area contributed by atoms with E-state index in [1.807, 2.05) is 18.5 Å². The van der Waals surface area contributed by atoms with Crippen molar-refractivity contribution in [2.24, 2.45) is 0 Å². The lowest BCUT2D eigenvalue weighted by Gasteiger charge is -2.26. The minimum atomic E-state index is -0.122. The van der Waals surface area contributed by atoms with Gasteiger partial charge in [0.1, 0.15) is 17.4 Å². The van der Waals surface area contributed by atoms with Crippen molar-refractivity contribution in [3.63, 3.8) is 0 Å². The largest absolute Gasteiger partial charge is 0.496 e. The number of H-pyrrole nitrogens is 1. The molecular weight excluding hydrogens is 344 g/mol. The van der Waals surface area contributed by atoms with Crippen LogP contribution >= 0.6 is 0 Å². The fraction of sp³-hybridized carbons (Fsp3) is 0.421. The number of imidazole rings is 1. The molecule has 8 nitrogen and oxygen atoms in total. The Bertz CT molecular complexity index is 986. The number of rotatable bonds is 6. The molecule has 1 aliphatic heterocycles. The number of hydrogen-bond donors (Lipinski definition) is 1. The Kier molecular flexibility index (Phi) is 4.81. The molecular formula is C19H24N6O2. The lowest BCUT2D eigenvalue weighted by Crippen LogP contribution is -2.36. The molecule has 0 fully saturated rings. The Labute approximate surface area is 157 Å². The molecule has 0 saturated heterocycles. The van der Waals surface area contributed by atoms with Crippen LogP contribution in [-0.4, -0.2) is 42.9 Å². The third kappa shape index (κ3) is 3.52. The molecule has 0 amide bonds. The Hall–Kier alpha value is -2.87. The molecule has 4 rings (SSSR count). The van der Waals surface area contributed by atoms with Crippen LogP contribution in [0, 0.1) is 0 Å². The number of aromatic nitrogens is 5. The Morgan fingerprint density at radius 3 is 2.96 bits per heavy atom. The highest BCUT2D eigenvalue weighted by atomic mass is 16.5. The number of benzene rings is 1. The third-order valence-electron chi connectivity index (χ3n) is 5.05. The quantitative estimate of drug-likeness (QED) is 0.711. The summed E-state index contributed by atoms with van der Waals surface area (Å²) in [4.78, 5) is 18.4. The van der Waals surface area contributed by atoms with E-state index in [0.717, 1.165) is 49.0 Å². The summed E-state index contributed by atoms with van der Waals surface area (Å²) < 4.78 is 9.43. The van der Waals surface area contributed by atoms with E-state index in [-0.39, 0.29) is 5.69 Å². The van der Waals surface area contributed by atoms with Gasteiger partial charge in [-0.1, -0.05) is 13.0 Å².